The Balaban J connectivity index is 1.68. The highest BCUT2D eigenvalue weighted by Crippen LogP contribution is 2.24. The summed E-state index contributed by atoms with van der Waals surface area (Å²) in [5, 5.41) is 0.448. The summed E-state index contributed by atoms with van der Waals surface area (Å²) in [6, 6.07) is 3.48. The summed E-state index contributed by atoms with van der Waals surface area (Å²) in [5.74, 6) is 5.97. The third kappa shape index (κ3) is 6.22. The normalized spacial score (nSPS) is 14.1. The molecule has 1 aliphatic heterocycles. The van der Waals surface area contributed by atoms with Crippen LogP contribution in [-0.4, -0.2) is 65.3 Å². The van der Waals surface area contributed by atoms with Gasteiger partial charge in [-0.2, -0.15) is 0 Å². The Labute approximate surface area is 186 Å². The van der Waals surface area contributed by atoms with Gasteiger partial charge < -0.3 is 19.3 Å². The average Bonchev–Trinajstić information content (AvgIpc) is 2.69. The number of hydrogen-bond donors (Lipinski definition) is 0. The Bertz CT molecular complexity index is 1050. The SMILES string of the molecule is CC(=O)OCC#Cc1cc2ncc(N3CCN(C(=O)OC(C)(C)C)CC3)nc2cc1Cl. The van der Waals surface area contributed by atoms with Crippen molar-refractivity contribution in [3.8, 4) is 11.8 Å². The molecule has 0 atom stereocenters. The van der Waals surface area contributed by atoms with Crippen LogP contribution in [0.2, 0.25) is 5.02 Å². The molecule has 0 radical (unpaired) electrons. The molecule has 1 aromatic heterocycles. The quantitative estimate of drug-likeness (QED) is 0.519. The van der Waals surface area contributed by atoms with E-state index in [0.717, 1.165) is 5.82 Å². The van der Waals surface area contributed by atoms with E-state index in [0.29, 0.717) is 47.8 Å². The molecule has 164 valence electrons. The largest absolute Gasteiger partial charge is 0.453 e. The predicted octanol–water partition coefficient (Wildman–Crippen LogP) is 3.25. The molecule has 0 saturated carbocycles. The fraction of sp³-hybridized carbons (Fsp3) is 0.455. The third-order valence-corrected chi connectivity index (χ3v) is 4.76. The fourth-order valence-corrected chi connectivity index (χ4v) is 3.19. The summed E-state index contributed by atoms with van der Waals surface area (Å²) in [4.78, 5) is 36.0. The van der Waals surface area contributed by atoms with Gasteiger partial charge in [0.1, 0.15) is 11.4 Å². The summed E-state index contributed by atoms with van der Waals surface area (Å²) in [6.45, 7) is 9.26. The number of ether oxygens (including phenoxy) is 2. The van der Waals surface area contributed by atoms with Gasteiger partial charge in [0.15, 0.2) is 6.61 Å². The molecule has 1 saturated heterocycles. The van der Waals surface area contributed by atoms with Gasteiger partial charge in [-0.15, -0.1) is 0 Å². The number of amides is 1. The van der Waals surface area contributed by atoms with E-state index in [9.17, 15) is 9.59 Å². The van der Waals surface area contributed by atoms with E-state index in [-0.39, 0.29) is 18.7 Å². The number of piperazine rings is 1. The lowest BCUT2D eigenvalue weighted by molar-refractivity contribution is -0.139. The molecule has 1 fully saturated rings. The van der Waals surface area contributed by atoms with Crippen molar-refractivity contribution in [1.29, 1.82) is 0 Å². The molecule has 3 rings (SSSR count). The highest BCUT2D eigenvalue weighted by atomic mass is 35.5. The minimum Gasteiger partial charge on any atom is -0.453 e. The van der Waals surface area contributed by atoms with Crippen LogP contribution in [0.25, 0.3) is 11.0 Å². The zero-order valence-electron chi connectivity index (χ0n) is 18.1. The molecular formula is C22H25ClN4O4. The molecule has 0 aliphatic carbocycles. The van der Waals surface area contributed by atoms with Gasteiger partial charge in [0.25, 0.3) is 0 Å². The first-order valence-electron chi connectivity index (χ1n) is 9.94. The fourth-order valence-electron chi connectivity index (χ4n) is 2.99. The number of esters is 1. The van der Waals surface area contributed by atoms with Crippen molar-refractivity contribution >= 4 is 40.5 Å². The van der Waals surface area contributed by atoms with Gasteiger partial charge in [-0.3, -0.25) is 9.78 Å². The maximum atomic E-state index is 12.2. The van der Waals surface area contributed by atoms with Crippen LogP contribution in [0.4, 0.5) is 10.6 Å². The lowest BCUT2D eigenvalue weighted by atomic mass is 10.2. The molecule has 9 heteroatoms. The lowest BCUT2D eigenvalue weighted by Gasteiger charge is -2.36. The van der Waals surface area contributed by atoms with Gasteiger partial charge in [0, 0.05) is 38.7 Å². The maximum Gasteiger partial charge on any atom is 0.410 e. The van der Waals surface area contributed by atoms with Crippen LogP contribution in [0.3, 0.4) is 0 Å². The molecule has 2 aromatic rings. The summed E-state index contributed by atoms with van der Waals surface area (Å²) in [7, 11) is 0. The maximum absolute atomic E-state index is 12.2. The molecule has 0 N–H and O–H groups in total. The Morgan fingerprint density at radius 1 is 1.16 bits per heavy atom. The van der Waals surface area contributed by atoms with Crippen LogP contribution in [0.15, 0.2) is 18.3 Å². The second-order valence-corrected chi connectivity index (χ2v) is 8.49. The number of rotatable bonds is 2. The summed E-state index contributed by atoms with van der Waals surface area (Å²) in [5.41, 5.74) is 1.40. The molecule has 0 bridgehead atoms. The summed E-state index contributed by atoms with van der Waals surface area (Å²) in [6.07, 6.45) is 1.40. The van der Waals surface area contributed by atoms with Gasteiger partial charge >= 0.3 is 12.1 Å². The van der Waals surface area contributed by atoms with E-state index >= 15 is 0 Å². The highest BCUT2D eigenvalue weighted by molar-refractivity contribution is 6.32. The Morgan fingerprint density at radius 2 is 1.87 bits per heavy atom. The molecule has 8 nitrogen and oxygen atoms in total. The smallest absolute Gasteiger partial charge is 0.410 e. The van der Waals surface area contributed by atoms with Crippen molar-refractivity contribution in [3.05, 3.63) is 28.9 Å². The molecule has 1 aromatic carbocycles. The zero-order chi connectivity index (χ0) is 22.6. The van der Waals surface area contributed by atoms with Crippen molar-refractivity contribution in [3.63, 3.8) is 0 Å². The van der Waals surface area contributed by atoms with E-state index in [1.54, 1.807) is 23.2 Å². The van der Waals surface area contributed by atoms with E-state index < -0.39 is 5.60 Å². The molecule has 1 amide bonds. The van der Waals surface area contributed by atoms with Crippen LogP contribution >= 0.6 is 11.6 Å². The van der Waals surface area contributed by atoms with Crippen molar-refractivity contribution in [2.45, 2.75) is 33.3 Å². The first kappa shape index (κ1) is 22.6. The Hall–Kier alpha value is -3.05. The minimum absolute atomic E-state index is 0.00356. The van der Waals surface area contributed by atoms with Gasteiger partial charge in [-0.1, -0.05) is 23.4 Å². The first-order valence-corrected chi connectivity index (χ1v) is 10.3. The van der Waals surface area contributed by atoms with E-state index in [4.69, 9.17) is 21.1 Å². The first-order chi connectivity index (χ1) is 14.6. The predicted molar refractivity (Wildman–Crippen MR) is 118 cm³/mol. The van der Waals surface area contributed by atoms with Crippen LogP contribution in [0, 0.1) is 11.8 Å². The molecular weight excluding hydrogens is 420 g/mol. The van der Waals surface area contributed by atoms with Gasteiger partial charge in [-0.25, -0.2) is 9.78 Å². The van der Waals surface area contributed by atoms with E-state index in [1.807, 2.05) is 20.8 Å². The number of aromatic nitrogens is 2. The number of nitrogens with zero attached hydrogens (tertiary/aromatic N) is 4. The average molecular weight is 445 g/mol. The number of carbonyl (C=O) groups is 2. The zero-order valence-corrected chi connectivity index (χ0v) is 18.8. The molecule has 31 heavy (non-hydrogen) atoms. The van der Waals surface area contributed by atoms with Crippen LogP contribution < -0.4 is 4.90 Å². The lowest BCUT2D eigenvalue weighted by Crippen LogP contribution is -2.50. The summed E-state index contributed by atoms with van der Waals surface area (Å²) < 4.78 is 10.2. The van der Waals surface area contributed by atoms with Crippen molar-refractivity contribution in [2.75, 3.05) is 37.7 Å². The number of anilines is 1. The molecule has 0 unspecified atom stereocenters. The van der Waals surface area contributed by atoms with Gasteiger partial charge in [-0.05, 0) is 32.9 Å². The van der Waals surface area contributed by atoms with Crippen LogP contribution in [-0.2, 0) is 14.3 Å². The van der Waals surface area contributed by atoms with E-state index in [2.05, 4.69) is 26.7 Å². The van der Waals surface area contributed by atoms with Crippen LogP contribution in [0.1, 0.15) is 33.3 Å². The third-order valence-electron chi connectivity index (χ3n) is 4.44. The van der Waals surface area contributed by atoms with E-state index in [1.165, 1.54) is 6.92 Å². The summed E-state index contributed by atoms with van der Waals surface area (Å²) >= 11 is 6.34. The molecule has 0 spiro atoms. The highest BCUT2D eigenvalue weighted by Gasteiger charge is 2.26. The monoisotopic (exact) mass is 444 g/mol. The number of fused-ring (bicyclic) bond motifs is 1. The van der Waals surface area contributed by atoms with Gasteiger partial charge in [0.2, 0.25) is 0 Å². The number of hydrogen-bond acceptors (Lipinski definition) is 7. The number of benzene rings is 1. The Morgan fingerprint density at radius 3 is 2.52 bits per heavy atom. The molecule has 1 aliphatic rings. The second-order valence-electron chi connectivity index (χ2n) is 8.09. The standard InChI is InChI=1S/C22H25ClN4O4/c1-15(28)30-11-5-6-16-12-18-19(13-17(16)23)25-20(14-24-18)26-7-9-27(10-8-26)21(29)31-22(2,3)4/h12-14H,7-11H2,1-4H3. The van der Waals surface area contributed by atoms with Crippen LogP contribution in [0.5, 0.6) is 0 Å². The van der Waals surface area contributed by atoms with Crippen molar-refractivity contribution < 1.29 is 19.1 Å². The number of halogens is 1. The molecule has 2 heterocycles. The van der Waals surface area contributed by atoms with Crippen molar-refractivity contribution in [1.82, 2.24) is 14.9 Å². The number of carbonyl (C=O) groups excluding carboxylic acids is 2. The van der Waals surface area contributed by atoms with Crippen molar-refractivity contribution in [2.24, 2.45) is 0 Å². The Kier molecular flexibility index (Phi) is 6.86. The topological polar surface area (TPSA) is 84.9 Å². The second kappa shape index (κ2) is 9.40. The van der Waals surface area contributed by atoms with Gasteiger partial charge in [0.05, 0.1) is 22.3 Å². The minimum atomic E-state index is -0.513.